The number of hydrogen-bond acceptors (Lipinski definition) is 4. The second kappa shape index (κ2) is 7.62. The summed E-state index contributed by atoms with van der Waals surface area (Å²) < 4.78 is 16.6. The van der Waals surface area contributed by atoms with Crippen LogP contribution in [-0.4, -0.2) is 25.9 Å². The fourth-order valence-corrected chi connectivity index (χ4v) is 1.78. The van der Waals surface area contributed by atoms with Crippen molar-refractivity contribution in [2.75, 3.05) is 20.3 Å². The van der Waals surface area contributed by atoms with Crippen molar-refractivity contribution in [3.8, 4) is 5.75 Å². The molecular weight excluding hydrogens is 254 g/mol. The molecule has 20 heavy (non-hydrogen) atoms. The van der Waals surface area contributed by atoms with Gasteiger partial charge in [0.05, 0.1) is 32.5 Å². The molecule has 0 aliphatic heterocycles. The van der Waals surface area contributed by atoms with Crippen molar-refractivity contribution in [3.05, 3.63) is 29.3 Å². The van der Waals surface area contributed by atoms with Crippen molar-refractivity contribution >= 4 is 0 Å². The molecule has 4 heteroatoms. The molecule has 1 rings (SSSR count). The van der Waals surface area contributed by atoms with E-state index in [1.54, 1.807) is 7.11 Å². The molecule has 0 saturated carbocycles. The number of ether oxygens (including phenoxy) is 3. The Morgan fingerprint density at radius 2 is 1.90 bits per heavy atom. The first-order chi connectivity index (χ1) is 9.33. The quantitative estimate of drug-likeness (QED) is 0.780. The van der Waals surface area contributed by atoms with E-state index in [1.807, 2.05) is 45.9 Å². The summed E-state index contributed by atoms with van der Waals surface area (Å²) in [5.41, 5.74) is 7.86. The third-order valence-corrected chi connectivity index (χ3v) is 2.85. The van der Waals surface area contributed by atoms with Crippen LogP contribution in [0.3, 0.4) is 0 Å². The summed E-state index contributed by atoms with van der Waals surface area (Å²) in [4.78, 5) is 0. The average Bonchev–Trinajstić information content (AvgIpc) is 2.36. The topological polar surface area (TPSA) is 53.7 Å². The zero-order valence-corrected chi connectivity index (χ0v) is 13.2. The Bertz CT molecular complexity index is 411. The number of methoxy groups -OCH3 is 1. The normalized spacial score (nSPS) is 13.3. The van der Waals surface area contributed by atoms with Crippen LogP contribution in [0.2, 0.25) is 0 Å². The van der Waals surface area contributed by atoms with E-state index in [2.05, 4.69) is 0 Å². The monoisotopic (exact) mass is 281 g/mol. The van der Waals surface area contributed by atoms with E-state index < -0.39 is 0 Å². The molecule has 114 valence electrons. The van der Waals surface area contributed by atoms with Crippen molar-refractivity contribution in [3.63, 3.8) is 0 Å². The first kappa shape index (κ1) is 17.0. The maximum Gasteiger partial charge on any atom is 0.124 e. The highest BCUT2D eigenvalue weighted by Gasteiger charge is 2.10. The number of hydrogen-bond donors (Lipinski definition) is 1. The lowest BCUT2D eigenvalue weighted by molar-refractivity contribution is -0.0378. The smallest absolute Gasteiger partial charge is 0.124 e. The second-order valence-electron chi connectivity index (χ2n) is 5.87. The highest BCUT2D eigenvalue weighted by Crippen LogP contribution is 2.23. The fraction of sp³-hybridized carbons (Fsp3) is 0.625. The molecule has 0 heterocycles. The lowest BCUT2D eigenvalue weighted by Gasteiger charge is -2.19. The second-order valence-corrected chi connectivity index (χ2v) is 5.87. The molecule has 2 N–H and O–H groups in total. The highest BCUT2D eigenvalue weighted by atomic mass is 16.5. The van der Waals surface area contributed by atoms with Gasteiger partial charge in [0.2, 0.25) is 0 Å². The molecule has 1 atom stereocenters. The van der Waals surface area contributed by atoms with Gasteiger partial charge in [-0.25, -0.2) is 0 Å². The summed E-state index contributed by atoms with van der Waals surface area (Å²) in [6.07, 6.45) is 0. The van der Waals surface area contributed by atoms with E-state index in [0.717, 1.165) is 16.9 Å². The van der Waals surface area contributed by atoms with Gasteiger partial charge < -0.3 is 19.9 Å². The van der Waals surface area contributed by atoms with Crippen molar-refractivity contribution in [1.29, 1.82) is 0 Å². The van der Waals surface area contributed by atoms with Gasteiger partial charge in [-0.05, 0) is 45.4 Å². The van der Waals surface area contributed by atoms with Gasteiger partial charge in [0.15, 0.2) is 0 Å². The Labute approximate surface area is 122 Å². The summed E-state index contributed by atoms with van der Waals surface area (Å²) in [6.45, 7) is 9.69. The van der Waals surface area contributed by atoms with Crippen LogP contribution < -0.4 is 10.5 Å². The van der Waals surface area contributed by atoms with Crippen molar-refractivity contribution < 1.29 is 14.2 Å². The lowest BCUT2D eigenvalue weighted by atomic mass is 10.1. The molecule has 0 fully saturated rings. The van der Waals surface area contributed by atoms with Crippen LogP contribution in [0.25, 0.3) is 0 Å². The van der Waals surface area contributed by atoms with Crippen LogP contribution in [0.5, 0.6) is 5.75 Å². The first-order valence-electron chi connectivity index (χ1n) is 6.97. The molecule has 0 amide bonds. The van der Waals surface area contributed by atoms with Crippen LogP contribution in [0.1, 0.15) is 44.9 Å². The minimum atomic E-state index is -0.129. The van der Waals surface area contributed by atoms with E-state index in [4.69, 9.17) is 19.9 Å². The minimum Gasteiger partial charge on any atom is -0.496 e. The molecule has 0 aliphatic rings. The molecular formula is C16H27NO3. The summed E-state index contributed by atoms with van der Waals surface area (Å²) in [5, 5.41) is 0. The maximum absolute atomic E-state index is 5.90. The van der Waals surface area contributed by atoms with Gasteiger partial charge >= 0.3 is 0 Å². The molecule has 1 aromatic rings. The zero-order valence-electron chi connectivity index (χ0n) is 13.2. The van der Waals surface area contributed by atoms with E-state index in [1.165, 1.54) is 0 Å². The molecule has 0 aliphatic carbocycles. The third kappa shape index (κ3) is 5.90. The molecule has 0 bridgehead atoms. The van der Waals surface area contributed by atoms with Gasteiger partial charge in [-0.2, -0.15) is 0 Å². The Balaban J connectivity index is 2.51. The van der Waals surface area contributed by atoms with E-state index in [-0.39, 0.29) is 11.6 Å². The molecule has 0 radical (unpaired) electrons. The van der Waals surface area contributed by atoms with Crippen LogP contribution in [-0.2, 0) is 16.1 Å². The molecule has 1 aromatic carbocycles. The van der Waals surface area contributed by atoms with E-state index in [9.17, 15) is 0 Å². The number of rotatable bonds is 7. The third-order valence-electron chi connectivity index (χ3n) is 2.85. The first-order valence-corrected chi connectivity index (χ1v) is 6.97. The van der Waals surface area contributed by atoms with Crippen molar-refractivity contribution in [2.45, 2.75) is 45.9 Å². The Hall–Kier alpha value is -1.10. The minimum absolute atomic E-state index is 0.00359. The van der Waals surface area contributed by atoms with Gasteiger partial charge in [0.1, 0.15) is 5.75 Å². The van der Waals surface area contributed by atoms with Gasteiger partial charge in [-0.1, -0.05) is 6.07 Å². The Kier molecular flexibility index (Phi) is 6.46. The van der Waals surface area contributed by atoms with Gasteiger partial charge in [0, 0.05) is 11.6 Å². The van der Waals surface area contributed by atoms with Gasteiger partial charge in [0.25, 0.3) is 0 Å². The van der Waals surface area contributed by atoms with Gasteiger partial charge in [-0.3, -0.25) is 0 Å². The summed E-state index contributed by atoms with van der Waals surface area (Å²) in [6, 6.07) is 5.95. The Morgan fingerprint density at radius 1 is 1.20 bits per heavy atom. The zero-order chi connectivity index (χ0) is 15.2. The van der Waals surface area contributed by atoms with Crippen molar-refractivity contribution in [1.82, 2.24) is 0 Å². The van der Waals surface area contributed by atoms with E-state index >= 15 is 0 Å². The van der Waals surface area contributed by atoms with Crippen LogP contribution in [0.4, 0.5) is 0 Å². The van der Waals surface area contributed by atoms with Crippen molar-refractivity contribution in [2.24, 2.45) is 5.73 Å². The largest absolute Gasteiger partial charge is 0.496 e. The van der Waals surface area contributed by atoms with Crippen LogP contribution in [0.15, 0.2) is 18.2 Å². The maximum atomic E-state index is 5.90. The summed E-state index contributed by atoms with van der Waals surface area (Å²) in [7, 11) is 1.66. The highest BCUT2D eigenvalue weighted by molar-refractivity contribution is 5.37. The molecule has 4 nitrogen and oxygen atoms in total. The number of nitrogens with two attached hydrogens (primary N) is 1. The summed E-state index contributed by atoms with van der Waals surface area (Å²) >= 11 is 0. The predicted molar refractivity (Wildman–Crippen MR) is 81.0 cm³/mol. The molecule has 0 aromatic heterocycles. The number of benzene rings is 1. The fourth-order valence-electron chi connectivity index (χ4n) is 1.78. The Morgan fingerprint density at radius 3 is 2.45 bits per heavy atom. The lowest BCUT2D eigenvalue weighted by Crippen LogP contribution is -2.21. The average molecular weight is 281 g/mol. The van der Waals surface area contributed by atoms with E-state index in [0.29, 0.717) is 19.8 Å². The molecule has 0 saturated heterocycles. The van der Waals surface area contributed by atoms with Crippen LogP contribution in [0, 0.1) is 0 Å². The summed E-state index contributed by atoms with van der Waals surface area (Å²) in [5.74, 6) is 0.825. The standard InChI is InChI=1S/C16H27NO3/c1-12(17)13-6-7-15(18-5)14(10-13)11-19-8-9-20-16(2,3)4/h6-7,10,12H,8-9,11,17H2,1-5H3. The van der Waals surface area contributed by atoms with Crippen LogP contribution >= 0.6 is 0 Å². The predicted octanol–water partition coefficient (Wildman–Crippen LogP) is 3.05. The molecule has 1 unspecified atom stereocenters. The SMILES string of the molecule is COc1ccc(C(C)N)cc1COCCOC(C)(C)C. The van der Waals surface area contributed by atoms with Gasteiger partial charge in [-0.15, -0.1) is 0 Å². The molecule has 0 spiro atoms.